The lowest BCUT2D eigenvalue weighted by Crippen LogP contribution is -2.26. The summed E-state index contributed by atoms with van der Waals surface area (Å²) in [5, 5.41) is 3.39. The van der Waals surface area contributed by atoms with Crippen molar-refractivity contribution >= 4 is 10.9 Å². The Labute approximate surface area is 132 Å². The fourth-order valence-electron chi connectivity index (χ4n) is 2.73. The van der Waals surface area contributed by atoms with Gasteiger partial charge in [0.15, 0.2) is 0 Å². The van der Waals surface area contributed by atoms with Crippen LogP contribution in [-0.2, 0) is 31.4 Å². The van der Waals surface area contributed by atoms with Crippen molar-refractivity contribution in [2.75, 3.05) is 7.11 Å². The van der Waals surface area contributed by atoms with Gasteiger partial charge in [0.25, 0.3) is 11.1 Å². The van der Waals surface area contributed by atoms with Gasteiger partial charge in [0.05, 0.1) is 23.2 Å². The van der Waals surface area contributed by atoms with Crippen LogP contribution >= 0.6 is 0 Å². The second kappa shape index (κ2) is 6.21. The summed E-state index contributed by atoms with van der Waals surface area (Å²) in [7, 11) is 3.17. The number of aromatic amines is 1. The van der Waals surface area contributed by atoms with Crippen molar-refractivity contribution in [1.82, 2.24) is 19.3 Å². The van der Waals surface area contributed by atoms with Gasteiger partial charge in [-0.25, -0.2) is 0 Å². The molecule has 0 radical (unpaired) electrons. The van der Waals surface area contributed by atoms with E-state index < -0.39 is 0 Å². The third-order valence-corrected chi connectivity index (χ3v) is 3.82. The predicted octanol–water partition coefficient (Wildman–Crippen LogP) is 0.812. The summed E-state index contributed by atoms with van der Waals surface area (Å²) in [5.74, 6) is 0. The largest absolute Gasteiger partial charge is 0.378 e. The van der Waals surface area contributed by atoms with E-state index in [0.717, 1.165) is 5.69 Å². The first-order valence-corrected chi connectivity index (χ1v) is 7.32. The van der Waals surface area contributed by atoms with Crippen molar-refractivity contribution in [2.45, 2.75) is 19.6 Å². The van der Waals surface area contributed by atoms with E-state index in [9.17, 15) is 9.59 Å². The van der Waals surface area contributed by atoms with E-state index in [-0.39, 0.29) is 17.7 Å². The van der Waals surface area contributed by atoms with E-state index in [0.29, 0.717) is 29.6 Å². The number of hydrogen-bond donors (Lipinski definition) is 1. The van der Waals surface area contributed by atoms with E-state index in [4.69, 9.17) is 4.74 Å². The summed E-state index contributed by atoms with van der Waals surface area (Å²) in [6.45, 7) is 0.640. The van der Waals surface area contributed by atoms with Crippen LogP contribution in [-0.4, -0.2) is 26.4 Å². The lowest BCUT2D eigenvalue weighted by molar-refractivity contribution is 0.178. The summed E-state index contributed by atoms with van der Waals surface area (Å²) < 4.78 is 8.17. The van der Waals surface area contributed by atoms with Crippen LogP contribution in [0.2, 0.25) is 0 Å². The van der Waals surface area contributed by atoms with Crippen molar-refractivity contribution in [3.05, 3.63) is 62.6 Å². The predicted molar refractivity (Wildman–Crippen MR) is 86.5 cm³/mol. The number of aryl methyl sites for hydroxylation is 2. The maximum absolute atomic E-state index is 12.4. The maximum atomic E-state index is 12.4. The highest BCUT2D eigenvalue weighted by Crippen LogP contribution is 2.13. The summed E-state index contributed by atoms with van der Waals surface area (Å²) in [6, 6.07) is 7.12. The Hall–Kier alpha value is -2.67. The fraction of sp³-hybridized carbons (Fsp3) is 0.312. The molecule has 0 amide bonds. The molecule has 3 rings (SSSR count). The summed E-state index contributed by atoms with van der Waals surface area (Å²) >= 11 is 0. The van der Waals surface area contributed by atoms with Crippen LogP contribution in [0.3, 0.4) is 0 Å². The maximum Gasteiger partial charge on any atom is 0.275 e. The molecule has 0 aliphatic heterocycles. The molecule has 7 nitrogen and oxygen atoms in total. The number of ether oxygens (including phenoxy) is 1. The molecule has 23 heavy (non-hydrogen) atoms. The molecular weight excluding hydrogens is 296 g/mol. The van der Waals surface area contributed by atoms with Crippen LogP contribution in [0.1, 0.15) is 11.4 Å². The Balaban J connectivity index is 2.09. The zero-order valence-corrected chi connectivity index (χ0v) is 13.1. The van der Waals surface area contributed by atoms with Crippen LogP contribution in [0.25, 0.3) is 10.9 Å². The highest BCUT2D eigenvalue weighted by atomic mass is 16.5. The molecule has 120 valence electrons. The van der Waals surface area contributed by atoms with Crippen LogP contribution in [0.4, 0.5) is 0 Å². The summed E-state index contributed by atoms with van der Waals surface area (Å²) in [6.07, 6.45) is 2.33. The Morgan fingerprint density at radius 2 is 2.13 bits per heavy atom. The van der Waals surface area contributed by atoms with Gasteiger partial charge in [-0.15, -0.1) is 0 Å². The zero-order valence-electron chi connectivity index (χ0n) is 13.1. The van der Waals surface area contributed by atoms with E-state index in [1.165, 1.54) is 10.7 Å². The monoisotopic (exact) mass is 314 g/mol. The number of rotatable bonds is 5. The Morgan fingerprint density at radius 1 is 1.30 bits per heavy atom. The van der Waals surface area contributed by atoms with E-state index in [1.54, 1.807) is 24.9 Å². The molecule has 3 aromatic rings. The molecule has 3 heterocycles. The molecule has 3 aromatic heterocycles. The molecule has 0 spiro atoms. The van der Waals surface area contributed by atoms with Gasteiger partial charge in [-0.3, -0.25) is 24.4 Å². The molecular formula is C16H18N4O3. The molecule has 0 bridgehead atoms. The smallest absolute Gasteiger partial charge is 0.275 e. The number of pyridine rings is 2. The number of hydrogen-bond acceptors (Lipinski definition) is 4. The van der Waals surface area contributed by atoms with Gasteiger partial charge in [-0.1, -0.05) is 6.07 Å². The third kappa shape index (κ3) is 2.83. The van der Waals surface area contributed by atoms with Gasteiger partial charge in [0.1, 0.15) is 0 Å². The van der Waals surface area contributed by atoms with Gasteiger partial charge < -0.3 is 9.30 Å². The Morgan fingerprint density at radius 3 is 2.83 bits per heavy atom. The second-order valence-corrected chi connectivity index (χ2v) is 5.35. The molecule has 0 aliphatic carbocycles. The van der Waals surface area contributed by atoms with Crippen molar-refractivity contribution in [2.24, 2.45) is 7.05 Å². The molecule has 0 aromatic carbocycles. The molecule has 0 unspecified atom stereocenters. The fourth-order valence-corrected chi connectivity index (χ4v) is 2.73. The SMILES string of the molecule is COCc1c2c(=O)n(C)[nH]c2cc(=O)n1CCc1ccccn1. The van der Waals surface area contributed by atoms with Crippen LogP contribution < -0.4 is 11.1 Å². The number of aromatic nitrogens is 4. The molecule has 7 heteroatoms. The van der Waals surface area contributed by atoms with Gasteiger partial charge in [-0.05, 0) is 12.1 Å². The highest BCUT2D eigenvalue weighted by molar-refractivity contribution is 5.80. The number of H-pyrrole nitrogens is 1. The second-order valence-electron chi connectivity index (χ2n) is 5.35. The quantitative estimate of drug-likeness (QED) is 0.755. The number of fused-ring (bicyclic) bond motifs is 1. The third-order valence-electron chi connectivity index (χ3n) is 3.82. The first-order chi connectivity index (χ1) is 11.1. The molecule has 0 saturated carbocycles. The minimum absolute atomic E-state index is 0.165. The number of methoxy groups -OCH3 is 1. The molecule has 0 saturated heterocycles. The summed E-state index contributed by atoms with van der Waals surface area (Å²) in [4.78, 5) is 29.0. The number of nitrogens with one attached hydrogen (secondary N) is 1. The van der Waals surface area contributed by atoms with Crippen LogP contribution in [0.15, 0.2) is 40.1 Å². The van der Waals surface area contributed by atoms with Crippen LogP contribution in [0.5, 0.6) is 0 Å². The van der Waals surface area contributed by atoms with E-state index in [2.05, 4.69) is 10.1 Å². The van der Waals surface area contributed by atoms with Crippen molar-refractivity contribution in [3.8, 4) is 0 Å². The van der Waals surface area contributed by atoms with E-state index >= 15 is 0 Å². The lowest BCUT2D eigenvalue weighted by atomic mass is 10.2. The summed E-state index contributed by atoms with van der Waals surface area (Å²) in [5.41, 5.74) is 1.68. The van der Waals surface area contributed by atoms with E-state index in [1.807, 2.05) is 18.2 Å². The van der Waals surface area contributed by atoms with Gasteiger partial charge in [-0.2, -0.15) is 0 Å². The average Bonchev–Trinajstić information content (AvgIpc) is 2.82. The number of nitrogens with zero attached hydrogens (tertiary/aromatic N) is 3. The highest BCUT2D eigenvalue weighted by Gasteiger charge is 2.16. The Bertz CT molecular complexity index is 938. The van der Waals surface area contributed by atoms with Gasteiger partial charge in [0.2, 0.25) is 0 Å². The standard InChI is InChI=1S/C16H18N4O3/c1-19-16(22)15-12(18-19)9-14(21)20(13(15)10-23-2)8-6-11-5-3-4-7-17-11/h3-5,7,9,18H,6,8,10H2,1-2H3. The molecule has 0 fully saturated rings. The first-order valence-electron chi connectivity index (χ1n) is 7.32. The normalized spacial score (nSPS) is 11.2. The topological polar surface area (TPSA) is 81.9 Å². The van der Waals surface area contributed by atoms with Crippen LogP contribution in [0, 0.1) is 0 Å². The molecule has 0 atom stereocenters. The lowest BCUT2D eigenvalue weighted by Gasteiger charge is -2.12. The van der Waals surface area contributed by atoms with Crippen molar-refractivity contribution < 1.29 is 4.74 Å². The van der Waals surface area contributed by atoms with Gasteiger partial charge in [0, 0.05) is 45.1 Å². The zero-order chi connectivity index (χ0) is 16.4. The first kappa shape index (κ1) is 15.2. The minimum Gasteiger partial charge on any atom is -0.378 e. The van der Waals surface area contributed by atoms with Crippen molar-refractivity contribution in [3.63, 3.8) is 0 Å². The van der Waals surface area contributed by atoms with Crippen molar-refractivity contribution in [1.29, 1.82) is 0 Å². The molecule has 1 N–H and O–H groups in total. The minimum atomic E-state index is -0.168. The average molecular weight is 314 g/mol. The Kier molecular flexibility index (Phi) is 4.12. The van der Waals surface area contributed by atoms with Gasteiger partial charge >= 0.3 is 0 Å². The molecule has 0 aliphatic rings.